The number of nitrogens with one attached hydrogen (secondary N) is 1. The molecule has 1 atom stereocenters. The molecule has 0 aromatic carbocycles. The van der Waals surface area contributed by atoms with Gasteiger partial charge in [-0.1, -0.05) is 0 Å². The zero-order valence-corrected chi connectivity index (χ0v) is 8.20. The Kier molecular flexibility index (Phi) is 2.28. The standard InChI is InChI=1S/C8H9N3O2S/c12-7-2-6(9-4-10-7)11-3-5(14)1-8(11)13/h2,4-5,14H,1,3H2,(H,9,10,12). The lowest BCUT2D eigenvalue weighted by molar-refractivity contribution is -0.117. The Morgan fingerprint density at radius 2 is 2.36 bits per heavy atom. The number of nitrogens with zero attached hydrogens (tertiary/aromatic N) is 2. The van der Waals surface area contributed by atoms with E-state index in [1.807, 2.05) is 0 Å². The molecule has 6 heteroatoms. The molecular weight excluding hydrogens is 202 g/mol. The number of aromatic nitrogens is 2. The Hall–Kier alpha value is -1.30. The average molecular weight is 211 g/mol. The van der Waals surface area contributed by atoms with Gasteiger partial charge in [0.1, 0.15) is 5.82 Å². The van der Waals surface area contributed by atoms with Gasteiger partial charge in [0.05, 0.1) is 6.33 Å². The number of hydrogen-bond donors (Lipinski definition) is 2. The van der Waals surface area contributed by atoms with Gasteiger partial charge >= 0.3 is 0 Å². The number of carbonyl (C=O) groups is 1. The summed E-state index contributed by atoms with van der Waals surface area (Å²) in [5, 5.41) is 0.0311. The van der Waals surface area contributed by atoms with Gasteiger partial charge in [0.25, 0.3) is 5.56 Å². The van der Waals surface area contributed by atoms with Crippen LogP contribution in [0.2, 0.25) is 0 Å². The summed E-state index contributed by atoms with van der Waals surface area (Å²) in [5.41, 5.74) is -0.259. The maximum atomic E-state index is 11.4. The summed E-state index contributed by atoms with van der Waals surface area (Å²) in [4.78, 5) is 30.2. The molecule has 1 aliphatic rings. The number of H-pyrrole nitrogens is 1. The minimum absolute atomic E-state index is 0.0311. The second-order valence-corrected chi connectivity index (χ2v) is 3.86. The lowest BCUT2D eigenvalue weighted by Gasteiger charge is -2.13. The monoisotopic (exact) mass is 211 g/mol. The van der Waals surface area contributed by atoms with Gasteiger partial charge in [-0.05, 0) is 0 Å². The van der Waals surface area contributed by atoms with Crippen LogP contribution in [0.1, 0.15) is 6.42 Å². The van der Waals surface area contributed by atoms with E-state index in [9.17, 15) is 9.59 Å². The maximum absolute atomic E-state index is 11.4. The molecule has 1 aromatic heterocycles. The quantitative estimate of drug-likeness (QED) is 0.632. The van der Waals surface area contributed by atoms with Gasteiger partial charge in [-0.15, -0.1) is 0 Å². The number of amides is 1. The number of thiol groups is 1. The van der Waals surface area contributed by atoms with E-state index in [0.29, 0.717) is 18.8 Å². The lowest BCUT2D eigenvalue weighted by Crippen LogP contribution is -2.27. The van der Waals surface area contributed by atoms with Gasteiger partial charge in [-0.2, -0.15) is 12.6 Å². The summed E-state index contributed by atoms with van der Waals surface area (Å²) < 4.78 is 0. The summed E-state index contributed by atoms with van der Waals surface area (Å²) in [6, 6.07) is 1.31. The molecule has 1 aromatic rings. The third-order valence-corrected chi connectivity index (χ3v) is 2.39. The topological polar surface area (TPSA) is 66.1 Å². The summed E-state index contributed by atoms with van der Waals surface area (Å²) in [6.07, 6.45) is 1.69. The molecule has 0 aliphatic carbocycles. The van der Waals surface area contributed by atoms with Crippen molar-refractivity contribution in [1.82, 2.24) is 9.97 Å². The molecule has 2 rings (SSSR count). The molecule has 0 bridgehead atoms. The highest BCUT2D eigenvalue weighted by atomic mass is 32.1. The molecule has 1 fully saturated rings. The first kappa shape index (κ1) is 9.26. The smallest absolute Gasteiger partial charge is 0.252 e. The maximum Gasteiger partial charge on any atom is 0.252 e. The highest BCUT2D eigenvalue weighted by molar-refractivity contribution is 7.81. The van der Waals surface area contributed by atoms with Crippen molar-refractivity contribution in [1.29, 1.82) is 0 Å². The van der Waals surface area contributed by atoms with Gasteiger partial charge in [-0.25, -0.2) is 4.98 Å². The largest absolute Gasteiger partial charge is 0.313 e. The number of rotatable bonds is 1. The summed E-state index contributed by atoms with van der Waals surface area (Å²) in [6.45, 7) is 0.512. The van der Waals surface area contributed by atoms with E-state index >= 15 is 0 Å². The van der Waals surface area contributed by atoms with Crippen LogP contribution >= 0.6 is 12.6 Å². The van der Waals surface area contributed by atoms with Crippen LogP contribution in [0.25, 0.3) is 0 Å². The van der Waals surface area contributed by atoms with Crippen molar-refractivity contribution in [2.75, 3.05) is 11.4 Å². The second kappa shape index (κ2) is 3.45. The first-order valence-electron chi connectivity index (χ1n) is 4.20. The Bertz CT molecular complexity index is 417. The fourth-order valence-corrected chi connectivity index (χ4v) is 1.74. The van der Waals surface area contributed by atoms with Crippen LogP contribution in [0.3, 0.4) is 0 Å². The van der Waals surface area contributed by atoms with Crippen molar-refractivity contribution in [2.24, 2.45) is 0 Å². The summed E-state index contributed by atoms with van der Waals surface area (Å²) >= 11 is 4.21. The summed E-state index contributed by atoms with van der Waals surface area (Å²) in [7, 11) is 0. The van der Waals surface area contributed by atoms with E-state index in [1.165, 1.54) is 17.3 Å². The molecule has 74 valence electrons. The molecule has 1 aliphatic heterocycles. The molecule has 1 amide bonds. The van der Waals surface area contributed by atoms with Gasteiger partial charge in [-0.3, -0.25) is 14.5 Å². The van der Waals surface area contributed by atoms with Crippen molar-refractivity contribution in [2.45, 2.75) is 11.7 Å². The zero-order valence-electron chi connectivity index (χ0n) is 7.30. The number of anilines is 1. The molecule has 1 saturated heterocycles. The van der Waals surface area contributed by atoms with E-state index in [-0.39, 0.29) is 16.7 Å². The van der Waals surface area contributed by atoms with Crippen LogP contribution in [-0.4, -0.2) is 27.7 Å². The normalized spacial score (nSPS) is 21.6. The average Bonchev–Trinajstić information content (AvgIpc) is 2.45. The fourth-order valence-electron chi connectivity index (χ4n) is 1.42. The molecular formula is C8H9N3O2S. The molecule has 0 saturated carbocycles. The van der Waals surface area contributed by atoms with E-state index in [1.54, 1.807) is 0 Å². The SMILES string of the molecule is O=C1CC(S)CN1c1cc(=O)[nH]cn1. The van der Waals surface area contributed by atoms with E-state index < -0.39 is 0 Å². The van der Waals surface area contributed by atoms with Crippen molar-refractivity contribution in [3.8, 4) is 0 Å². The Balaban J connectivity index is 2.32. The molecule has 0 spiro atoms. The minimum atomic E-state index is -0.259. The van der Waals surface area contributed by atoms with Crippen LogP contribution in [0.4, 0.5) is 5.82 Å². The number of aromatic amines is 1. The lowest BCUT2D eigenvalue weighted by atomic mass is 10.4. The van der Waals surface area contributed by atoms with Crippen molar-refractivity contribution < 1.29 is 4.79 Å². The van der Waals surface area contributed by atoms with E-state index in [4.69, 9.17) is 0 Å². The molecule has 0 radical (unpaired) electrons. The Morgan fingerprint density at radius 3 is 2.93 bits per heavy atom. The second-order valence-electron chi connectivity index (χ2n) is 3.13. The number of hydrogen-bond acceptors (Lipinski definition) is 4. The molecule has 1 N–H and O–H groups in total. The predicted molar refractivity (Wildman–Crippen MR) is 54.6 cm³/mol. The van der Waals surface area contributed by atoms with Crippen molar-refractivity contribution in [3.05, 3.63) is 22.7 Å². The highest BCUT2D eigenvalue weighted by Gasteiger charge is 2.29. The van der Waals surface area contributed by atoms with Crippen molar-refractivity contribution in [3.63, 3.8) is 0 Å². The summed E-state index contributed by atoms with van der Waals surface area (Å²) in [5.74, 6) is 0.360. The molecule has 2 heterocycles. The first-order chi connectivity index (χ1) is 6.66. The van der Waals surface area contributed by atoms with Gasteiger partial charge < -0.3 is 4.98 Å². The zero-order chi connectivity index (χ0) is 10.1. The van der Waals surface area contributed by atoms with Crippen LogP contribution in [-0.2, 0) is 4.79 Å². The van der Waals surface area contributed by atoms with Crippen molar-refractivity contribution >= 4 is 24.4 Å². The Morgan fingerprint density at radius 1 is 1.57 bits per heavy atom. The van der Waals surface area contributed by atoms with Crippen LogP contribution < -0.4 is 10.5 Å². The van der Waals surface area contributed by atoms with Gasteiger partial charge in [0, 0.05) is 24.3 Å². The highest BCUT2D eigenvalue weighted by Crippen LogP contribution is 2.20. The minimum Gasteiger partial charge on any atom is -0.313 e. The van der Waals surface area contributed by atoms with Gasteiger partial charge in [0.2, 0.25) is 5.91 Å². The van der Waals surface area contributed by atoms with E-state index in [2.05, 4.69) is 22.6 Å². The third kappa shape index (κ3) is 1.65. The van der Waals surface area contributed by atoms with E-state index in [0.717, 1.165) is 0 Å². The molecule has 14 heavy (non-hydrogen) atoms. The van der Waals surface area contributed by atoms with Crippen LogP contribution in [0.5, 0.6) is 0 Å². The van der Waals surface area contributed by atoms with Gasteiger partial charge in [0.15, 0.2) is 0 Å². The number of carbonyl (C=O) groups excluding carboxylic acids is 1. The Labute approximate surface area is 85.6 Å². The molecule has 1 unspecified atom stereocenters. The predicted octanol–water partition coefficient (Wildman–Crippen LogP) is -0.195. The first-order valence-corrected chi connectivity index (χ1v) is 4.71. The third-order valence-electron chi connectivity index (χ3n) is 2.04. The molecule has 5 nitrogen and oxygen atoms in total. The van der Waals surface area contributed by atoms with Crippen LogP contribution in [0, 0.1) is 0 Å². The fraction of sp³-hybridized carbons (Fsp3) is 0.375. The van der Waals surface area contributed by atoms with Crippen LogP contribution in [0.15, 0.2) is 17.2 Å².